The molecule has 5 heteroatoms. The molecule has 0 saturated carbocycles. The van der Waals surface area contributed by atoms with Crippen LogP contribution in [0.1, 0.15) is 23.8 Å². The Bertz CT molecular complexity index is 691. The van der Waals surface area contributed by atoms with Gasteiger partial charge in [0.05, 0.1) is 7.11 Å². The molecule has 1 aromatic heterocycles. The molecule has 0 radical (unpaired) electrons. The van der Waals surface area contributed by atoms with Gasteiger partial charge in [0.1, 0.15) is 5.69 Å². The van der Waals surface area contributed by atoms with Crippen LogP contribution in [0.3, 0.4) is 0 Å². The van der Waals surface area contributed by atoms with E-state index in [9.17, 15) is 9.59 Å². The lowest BCUT2D eigenvalue weighted by molar-refractivity contribution is -0.0763. The van der Waals surface area contributed by atoms with Crippen LogP contribution in [-0.4, -0.2) is 29.7 Å². The summed E-state index contributed by atoms with van der Waals surface area (Å²) in [5, 5.41) is 2.51. The van der Waals surface area contributed by atoms with E-state index in [1.54, 1.807) is 12.1 Å². The van der Waals surface area contributed by atoms with E-state index < -0.39 is 0 Å². The molecule has 1 aromatic carbocycles. The molecule has 0 aliphatic rings. The number of aromatic nitrogens is 1. The molecule has 0 unspecified atom stereocenters. The van der Waals surface area contributed by atoms with Gasteiger partial charge in [-0.15, -0.1) is 0 Å². The van der Waals surface area contributed by atoms with Crippen LogP contribution in [0.5, 0.6) is 0 Å². The Kier molecular flexibility index (Phi) is 4.20. The molecule has 0 bridgehead atoms. The van der Waals surface area contributed by atoms with Gasteiger partial charge >= 0.3 is 0 Å². The molecule has 106 valence electrons. The summed E-state index contributed by atoms with van der Waals surface area (Å²) < 4.78 is 1.51. The van der Waals surface area contributed by atoms with Crippen molar-refractivity contribution < 1.29 is 9.63 Å². The van der Waals surface area contributed by atoms with Crippen LogP contribution in [-0.2, 0) is 11.4 Å². The second-order valence-electron chi connectivity index (χ2n) is 4.56. The highest BCUT2D eigenvalue weighted by Crippen LogP contribution is 2.14. The minimum atomic E-state index is -0.330. The quantitative estimate of drug-likeness (QED) is 0.802. The van der Waals surface area contributed by atoms with Crippen LogP contribution in [0.25, 0.3) is 10.8 Å². The number of carbonyl (C=O) groups excluding carboxylic acids is 1. The van der Waals surface area contributed by atoms with E-state index in [2.05, 4.69) is 0 Å². The van der Waals surface area contributed by atoms with E-state index in [1.807, 2.05) is 25.1 Å². The summed E-state index contributed by atoms with van der Waals surface area (Å²) in [5.74, 6) is -0.330. The van der Waals surface area contributed by atoms with Crippen molar-refractivity contribution in [3.05, 3.63) is 46.4 Å². The van der Waals surface area contributed by atoms with Crippen molar-refractivity contribution in [2.24, 2.45) is 0 Å². The molecular formula is C15H18N2O3. The zero-order chi connectivity index (χ0) is 14.7. The van der Waals surface area contributed by atoms with Crippen LogP contribution in [0.2, 0.25) is 0 Å². The highest BCUT2D eigenvalue weighted by molar-refractivity contribution is 5.96. The van der Waals surface area contributed by atoms with Gasteiger partial charge in [0, 0.05) is 19.0 Å². The summed E-state index contributed by atoms with van der Waals surface area (Å²) in [6, 6.07) is 9.02. The number of nitrogens with zero attached hydrogens (tertiary/aromatic N) is 2. The number of hydrogen-bond acceptors (Lipinski definition) is 3. The Morgan fingerprint density at radius 1 is 1.35 bits per heavy atom. The topological polar surface area (TPSA) is 51.5 Å². The monoisotopic (exact) mass is 274 g/mol. The van der Waals surface area contributed by atoms with Crippen molar-refractivity contribution in [2.75, 3.05) is 14.2 Å². The molecule has 0 aliphatic heterocycles. The second-order valence-corrected chi connectivity index (χ2v) is 4.56. The average molecular weight is 274 g/mol. The number of fused-ring (bicyclic) bond motifs is 1. The highest BCUT2D eigenvalue weighted by atomic mass is 16.7. The third-order valence-electron chi connectivity index (χ3n) is 3.25. The first-order valence-electron chi connectivity index (χ1n) is 6.55. The number of amides is 1. The standard InChI is InChI=1S/C15H18N2O3/c1-4-9-17-13(15(19)16(2)20-3)10-11-7-5-6-8-12(11)14(17)18/h5-8,10H,4,9H2,1-3H3. The third-order valence-corrected chi connectivity index (χ3v) is 3.25. The summed E-state index contributed by atoms with van der Waals surface area (Å²) in [6.07, 6.45) is 0.773. The number of rotatable bonds is 4. The number of pyridine rings is 1. The summed E-state index contributed by atoms with van der Waals surface area (Å²) in [6.45, 7) is 2.47. The number of hydrogen-bond donors (Lipinski definition) is 0. The predicted octanol–water partition coefficient (Wildman–Crippen LogP) is 2.04. The largest absolute Gasteiger partial charge is 0.303 e. The van der Waals surface area contributed by atoms with Crippen molar-refractivity contribution >= 4 is 16.7 Å². The van der Waals surface area contributed by atoms with Gasteiger partial charge in [-0.2, -0.15) is 0 Å². The average Bonchev–Trinajstić information content (AvgIpc) is 2.48. The summed E-state index contributed by atoms with van der Waals surface area (Å²) in [4.78, 5) is 29.7. The summed E-state index contributed by atoms with van der Waals surface area (Å²) >= 11 is 0. The van der Waals surface area contributed by atoms with Crippen LogP contribution >= 0.6 is 0 Å². The summed E-state index contributed by atoms with van der Waals surface area (Å²) in [7, 11) is 2.94. The van der Waals surface area contributed by atoms with Gasteiger partial charge in [0.2, 0.25) is 0 Å². The SMILES string of the molecule is CCCn1c(C(=O)N(C)OC)cc2ccccc2c1=O. The van der Waals surface area contributed by atoms with Crippen LogP contribution < -0.4 is 5.56 Å². The van der Waals surface area contributed by atoms with Crippen molar-refractivity contribution in [1.29, 1.82) is 0 Å². The molecule has 0 atom stereocenters. The van der Waals surface area contributed by atoms with Crippen LogP contribution in [0, 0.1) is 0 Å². The fraction of sp³-hybridized carbons (Fsp3) is 0.333. The molecule has 0 fully saturated rings. The number of benzene rings is 1. The number of hydroxylamine groups is 2. The maximum absolute atomic E-state index is 12.5. The highest BCUT2D eigenvalue weighted by Gasteiger charge is 2.18. The van der Waals surface area contributed by atoms with E-state index in [-0.39, 0.29) is 11.5 Å². The molecule has 0 spiro atoms. The lowest BCUT2D eigenvalue weighted by atomic mass is 10.1. The smallest absolute Gasteiger partial charge is 0.293 e. The van der Waals surface area contributed by atoms with Gasteiger partial charge in [-0.05, 0) is 23.9 Å². The minimum Gasteiger partial charge on any atom is -0.303 e. The normalized spacial score (nSPS) is 10.8. The molecule has 1 amide bonds. The fourth-order valence-electron chi connectivity index (χ4n) is 2.16. The van der Waals surface area contributed by atoms with E-state index in [4.69, 9.17) is 4.84 Å². The van der Waals surface area contributed by atoms with Crippen LogP contribution in [0.4, 0.5) is 0 Å². The van der Waals surface area contributed by atoms with E-state index in [0.717, 1.165) is 16.9 Å². The first kappa shape index (κ1) is 14.3. The fourth-order valence-corrected chi connectivity index (χ4v) is 2.16. The van der Waals surface area contributed by atoms with E-state index in [0.29, 0.717) is 17.6 Å². The second kappa shape index (κ2) is 5.88. The van der Waals surface area contributed by atoms with Gasteiger partial charge in [-0.25, -0.2) is 5.06 Å². The van der Waals surface area contributed by atoms with Crippen LogP contribution in [0.15, 0.2) is 35.1 Å². The predicted molar refractivity (Wildman–Crippen MR) is 77.6 cm³/mol. The first-order chi connectivity index (χ1) is 9.60. The lowest BCUT2D eigenvalue weighted by Crippen LogP contribution is -2.33. The van der Waals surface area contributed by atoms with Gasteiger partial charge < -0.3 is 4.57 Å². The third kappa shape index (κ3) is 2.44. The Morgan fingerprint density at radius 3 is 2.70 bits per heavy atom. The number of carbonyl (C=O) groups is 1. The Labute approximate surface area is 117 Å². The van der Waals surface area contributed by atoms with Crippen molar-refractivity contribution in [3.8, 4) is 0 Å². The molecule has 20 heavy (non-hydrogen) atoms. The van der Waals surface area contributed by atoms with Gasteiger partial charge in [0.15, 0.2) is 0 Å². The van der Waals surface area contributed by atoms with Gasteiger partial charge in [0.25, 0.3) is 11.5 Å². The molecule has 2 aromatic rings. The van der Waals surface area contributed by atoms with Crippen molar-refractivity contribution in [1.82, 2.24) is 9.63 Å². The molecule has 0 aliphatic carbocycles. The molecule has 1 heterocycles. The first-order valence-corrected chi connectivity index (χ1v) is 6.55. The Hall–Kier alpha value is -2.14. The van der Waals surface area contributed by atoms with Gasteiger partial charge in [-0.3, -0.25) is 14.4 Å². The molecule has 5 nitrogen and oxygen atoms in total. The molecular weight excluding hydrogens is 256 g/mol. The molecule has 2 rings (SSSR count). The Morgan fingerprint density at radius 2 is 2.05 bits per heavy atom. The van der Waals surface area contributed by atoms with E-state index in [1.165, 1.54) is 18.7 Å². The Balaban J connectivity index is 2.71. The van der Waals surface area contributed by atoms with E-state index >= 15 is 0 Å². The molecule has 0 saturated heterocycles. The van der Waals surface area contributed by atoms with Crippen molar-refractivity contribution in [2.45, 2.75) is 19.9 Å². The lowest BCUT2D eigenvalue weighted by Gasteiger charge is -2.18. The zero-order valence-corrected chi connectivity index (χ0v) is 11.9. The summed E-state index contributed by atoms with van der Waals surface area (Å²) in [5.41, 5.74) is 0.206. The zero-order valence-electron chi connectivity index (χ0n) is 11.9. The minimum absolute atomic E-state index is 0.141. The maximum atomic E-state index is 12.5. The molecule has 0 N–H and O–H groups in total. The maximum Gasteiger partial charge on any atom is 0.293 e. The van der Waals surface area contributed by atoms with Gasteiger partial charge in [-0.1, -0.05) is 25.1 Å². The van der Waals surface area contributed by atoms with Crippen molar-refractivity contribution in [3.63, 3.8) is 0 Å².